The molecule has 2 aromatic heterocycles. The third kappa shape index (κ3) is 2.77. The Morgan fingerprint density at radius 3 is 3.11 bits per heavy atom. The van der Waals surface area contributed by atoms with Crippen LogP contribution in [-0.4, -0.2) is 36.3 Å². The summed E-state index contributed by atoms with van der Waals surface area (Å²) in [5, 5.41) is 14.3. The van der Waals surface area contributed by atoms with Gasteiger partial charge in [-0.3, -0.25) is 9.59 Å². The molecule has 0 aromatic carbocycles. The van der Waals surface area contributed by atoms with Crippen molar-refractivity contribution in [3.05, 3.63) is 27.4 Å². The number of carbonyl (C=O) groups is 1. The number of methoxy groups -OCH3 is 1. The zero-order valence-electron chi connectivity index (χ0n) is 10.4. The number of hydrogen-bond acceptors (Lipinski definition) is 5. The van der Waals surface area contributed by atoms with E-state index in [4.69, 9.17) is 4.74 Å². The van der Waals surface area contributed by atoms with Crippen LogP contribution < -0.4 is 10.9 Å². The first-order chi connectivity index (χ1) is 9.15. The van der Waals surface area contributed by atoms with E-state index in [-0.39, 0.29) is 11.3 Å². The van der Waals surface area contributed by atoms with Gasteiger partial charge in [-0.1, -0.05) is 0 Å². The maximum Gasteiger partial charge on any atom is 0.265 e. The SMILES string of the molecule is COCCCNC(=O)c1c(O)c2sccc2[nH]c1=O. The highest BCUT2D eigenvalue weighted by Gasteiger charge is 2.19. The number of fused-ring (bicyclic) bond motifs is 1. The first-order valence-corrected chi connectivity index (χ1v) is 6.62. The second-order valence-corrected chi connectivity index (χ2v) is 4.86. The minimum Gasteiger partial charge on any atom is -0.505 e. The van der Waals surface area contributed by atoms with E-state index < -0.39 is 11.5 Å². The van der Waals surface area contributed by atoms with Gasteiger partial charge in [-0.2, -0.15) is 0 Å². The number of carbonyl (C=O) groups excluding carboxylic acids is 1. The van der Waals surface area contributed by atoms with E-state index in [1.165, 1.54) is 11.3 Å². The zero-order valence-corrected chi connectivity index (χ0v) is 11.2. The molecule has 0 unspecified atom stereocenters. The lowest BCUT2D eigenvalue weighted by molar-refractivity contribution is 0.0944. The van der Waals surface area contributed by atoms with Crippen molar-refractivity contribution in [3.63, 3.8) is 0 Å². The lowest BCUT2D eigenvalue weighted by Gasteiger charge is -2.06. The Bertz CT molecular complexity index is 647. The molecule has 102 valence electrons. The number of hydrogen-bond donors (Lipinski definition) is 3. The third-order valence-electron chi connectivity index (χ3n) is 2.63. The largest absolute Gasteiger partial charge is 0.505 e. The third-order valence-corrected chi connectivity index (χ3v) is 3.55. The van der Waals surface area contributed by atoms with E-state index >= 15 is 0 Å². The van der Waals surface area contributed by atoms with Gasteiger partial charge in [0.25, 0.3) is 11.5 Å². The molecule has 6 nitrogen and oxygen atoms in total. The van der Waals surface area contributed by atoms with Gasteiger partial charge in [0.05, 0.1) is 10.2 Å². The van der Waals surface area contributed by atoms with Gasteiger partial charge in [0.15, 0.2) is 5.75 Å². The summed E-state index contributed by atoms with van der Waals surface area (Å²) < 4.78 is 5.36. The number of ether oxygens (including phenoxy) is 1. The molecule has 2 heterocycles. The van der Waals surface area contributed by atoms with E-state index in [0.29, 0.717) is 29.8 Å². The number of thiophene rings is 1. The predicted molar refractivity (Wildman–Crippen MR) is 72.9 cm³/mol. The number of nitrogens with one attached hydrogen (secondary N) is 2. The van der Waals surface area contributed by atoms with Gasteiger partial charge in [-0.15, -0.1) is 11.3 Å². The second kappa shape index (κ2) is 5.85. The summed E-state index contributed by atoms with van der Waals surface area (Å²) >= 11 is 1.27. The van der Waals surface area contributed by atoms with Gasteiger partial charge < -0.3 is 20.1 Å². The van der Waals surface area contributed by atoms with Crippen molar-refractivity contribution in [2.45, 2.75) is 6.42 Å². The van der Waals surface area contributed by atoms with Crippen molar-refractivity contribution < 1.29 is 14.6 Å². The van der Waals surface area contributed by atoms with Crippen LogP contribution in [-0.2, 0) is 4.74 Å². The standard InChI is InChI=1S/C12H14N2O4S/c1-18-5-2-4-13-11(16)8-9(15)10-7(3-6-19-10)14-12(8)17/h3,6H,2,4-5H2,1H3,(H,13,16)(H2,14,15,17). The lowest BCUT2D eigenvalue weighted by atomic mass is 10.2. The predicted octanol–water partition coefficient (Wildman–Crippen LogP) is 1.06. The molecule has 3 N–H and O–H groups in total. The molecule has 7 heteroatoms. The highest BCUT2D eigenvalue weighted by molar-refractivity contribution is 7.17. The van der Waals surface area contributed by atoms with E-state index in [9.17, 15) is 14.7 Å². The van der Waals surface area contributed by atoms with Crippen LogP contribution in [0.2, 0.25) is 0 Å². The van der Waals surface area contributed by atoms with Crippen LogP contribution in [0.3, 0.4) is 0 Å². The summed E-state index contributed by atoms with van der Waals surface area (Å²) in [4.78, 5) is 26.2. The molecule has 2 aromatic rings. The lowest BCUT2D eigenvalue weighted by Crippen LogP contribution is -2.30. The molecule has 0 fully saturated rings. The van der Waals surface area contributed by atoms with Gasteiger partial charge in [0.2, 0.25) is 0 Å². The minimum atomic E-state index is -0.590. The van der Waals surface area contributed by atoms with Gasteiger partial charge in [0.1, 0.15) is 5.56 Å². The summed E-state index contributed by atoms with van der Waals surface area (Å²) in [6.45, 7) is 0.903. The molecule has 0 aliphatic carbocycles. The fourth-order valence-corrected chi connectivity index (χ4v) is 2.51. The Kier molecular flexibility index (Phi) is 4.18. The fraction of sp³-hybridized carbons (Fsp3) is 0.333. The first kappa shape index (κ1) is 13.6. The molecule has 0 aliphatic rings. The molecule has 0 spiro atoms. The van der Waals surface area contributed by atoms with Crippen molar-refractivity contribution >= 4 is 27.5 Å². The minimum absolute atomic E-state index is 0.243. The monoisotopic (exact) mass is 282 g/mol. The highest BCUT2D eigenvalue weighted by atomic mass is 32.1. The van der Waals surface area contributed by atoms with Crippen LogP contribution in [0.15, 0.2) is 16.2 Å². The van der Waals surface area contributed by atoms with Gasteiger partial charge in [-0.05, 0) is 17.9 Å². The Hall–Kier alpha value is -1.86. The van der Waals surface area contributed by atoms with Gasteiger partial charge in [-0.25, -0.2) is 0 Å². The number of amides is 1. The Labute approximate surface area is 113 Å². The molecule has 0 saturated heterocycles. The Morgan fingerprint density at radius 1 is 1.58 bits per heavy atom. The molecular weight excluding hydrogens is 268 g/mol. The quantitative estimate of drug-likeness (QED) is 0.715. The number of pyridine rings is 1. The molecule has 0 aliphatic heterocycles. The van der Waals surface area contributed by atoms with Crippen molar-refractivity contribution in [2.24, 2.45) is 0 Å². The zero-order chi connectivity index (χ0) is 13.8. The topological polar surface area (TPSA) is 91.4 Å². The first-order valence-electron chi connectivity index (χ1n) is 5.74. The van der Waals surface area contributed by atoms with Crippen molar-refractivity contribution in [2.75, 3.05) is 20.3 Å². The molecule has 2 rings (SSSR count). The number of aromatic amines is 1. The summed E-state index contributed by atoms with van der Waals surface area (Å²) in [7, 11) is 1.57. The van der Waals surface area contributed by atoms with E-state index in [0.717, 1.165) is 0 Å². The summed E-state index contributed by atoms with van der Waals surface area (Å²) in [5.74, 6) is -0.844. The molecule has 0 saturated carbocycles. The van der Waals surface area contributed by atoms with E-state index in [1.54, 1.807) is 18.6 Å². The fourth-order valence-electron chi connectivity index (χ4n) is 1.71. The maximum atomic E-state index is 11.9. The van der Waals surface area contributed by atoms with E-state index in [1.807, 2.05) is 0 Å². The number of aromatic hydroxyl groups is 1. The summed E-state index contributed by atoms with van der Waals surface area (Å²) in [6.07, 6.45) is 0.641. The molecule has 19 heavy (non-hydrogen) atoms. The molecule has 0 atom stereocenters. The normalized spacial score (nSPS) is 10.8. The maximum absolute atomic E-state index is 11.9. The van der Waals surface area contributed by atoms with Crippen LogP contribution in [0.25, 0.3) is 10.2 Å². The van der Waals surface area contributed by atoms with Crippen LogP contribution in [0, 0.1) is 0 Å². The number of H-pyrrole nitrogens is 1. The molecule has 1 amide bonds. The molecular formula is C12H14N2O4S. The van der Waals surface area contributed by atoms with Crippen LogP contribution in [0.1, 0.15) is 16.8 Å². The Balaban J connectivity index is 2.24. The molecule has 0 radical (unpaired) electrons. The van der Waals surface area contributed by atoms with Crippen molar-refractivity contribution in [1.29, 1.82) is 0 Å². The summed E-state index contributed by atoms with van der Waals surface area (Å²) in [5.41, 5.74) is -0.302. The van der Waals surface area contributed by atoms with Crippen molar-refractivity contribution in [3.8, 4) is 5.75 Å². The average molecular weight is 282 g/mol. The number of aromatic nitrogens is 1. The second-order valence-electron chi connectivity index (χ2n) is 3.94. The van der Waals surface area contributed by atoms with Gasteiger partial charge in [0, 0.05) is 20.3 Å². The highest BCUT2D eigenvalue weighted by Crippen LogP contribution is 2.29. The van der Waals surface area contributed by atoms with Crippen LogP contribution in [0.5, 0.6) is 5.75 Å². The number of rotatable bonds is 5. The van der Waals surface area contributed by atoms with Crippen LogP contribution in [0.4, 0.5) is 0 Å². The van der Waals surface area contributed by atoms with Crippen molar-refractivity contribution in [1.82, 2.24) is 10.3 Å². The Morgan fingerprint density at radius 2 is 2.37 bits per heavy atom. The van der Waals surface area contributed by atoms with Gasteiger partial charge >= 0.3 is 0 Å². The smallest absolute Gasteiger partial charge is 0.265 e. The van der Waals surface area contributed by atoms with E-state index in [2.05, 4.69) is 10.3 Å². The summed E-state index contributed by atoms with van der Waals surface area (Å²) in [6, 6.07) is 1.68. The molecule has 0 bridgehead atoms. The van der Waals surface area contributed by atoms with Crippen LogP contribution >= 0.6 is 11.3 Å². The average Bonchev–Trinajstić information content (AvgIpc) is 2.83.